The van der Waals surface area contributed by atoms with Crippen molar-refractivity contribution in [1.29, 1.82) is 0 Å². The molecule has 2 aromatic rings. The molecule has 0 saturated heterocycles. The molecule has 0 bridgehead atoms. The Bertz CT molecular complexity index is 909. The van der Waals surface area contributed by atoms with Gasteiger partial charge in [0.25, 0.3) is 5.91 Å². The molecule has 0 radical (unpaired) electrons. The van der Waals surface area contributed by atoms with E-state index in [0.29, 0.717) is 0 Å². The summed E-state index contributed by atoms with van der Waals surface area (Å²) in [5.41, 5.74) is 0.807. The molecule has 0 aromatic heterocycles. The molecule has 0 fully saturated rings. The molecule has 138 valence electrons. The van der Waals surface area contributed by atoms with Crippen molar-refractivity contribution >= 4 is 33.3 Å². The molecular formula is C18H20N2O5S. The Labute approximate surface area is 152 Å². The first kappa shape index (κ1) is 19.5. The van der Waals surface area contributed by atoms with E-state index in [-0.39, 0.29) is 34.9 Å². The maximum atomic E-state index is 12.6. The Balaban J connectivity index is 2.31. The molecule has 0 unspecified atom stereocenters. The smallest absolute Gasteiger partial charge is 0.340 e. The van der Waals surface area contributed by atoms with Crippen LogP contribution in [0.4, 0.5) is 11.4 Å². The minimum absolute atomic E-state index is 0.116. The average molecular weight is 376 g/mol. The zero-order valence-corrected chi connectivity index (χ0v) is 15.3. The summed E-state index contributed by atoms with van der Waals surface area (Å²) in [5, 5.41) is 2.64. The van der Waals surface area contributed by atoms with Crippen LogP contribution in [0.1, 0.15) is 34.6 Å². The van der Waals surface area contributed by atoms with Crippen LogP contribution < -0.4 is 10.0 Å². The van der Waals surface area contributed by atoms with Crippen LogP contribution in [-0.2, 0) is 14.8 Å². The highest BCUT2D eigenvalue weighted by Gasteiger charge is 2.18. The molecule has 2 aromatic carbocycles. The number of benzene rings is 2. The van der Waals surface area contributed by atoms with E-state index >= 15 is 0 Å². The summed E-state index contributed by atoms with van der Waals surface area (Å²) in [6, 6.07) is 12.7. The lowest BCUT2D eigenvalue weighted by Crippen LogP contribution is -2.20. The van der Waals surface area contributed by atoms with Gasteiger partial charge in [0.2, 0.25) is 10.0 Å². The maximum Gasteiger partial charge on any atom is 0.340 e. The van der Waals surface area contributed by atoms with Crippen LogP contribution >= 0.6 is 0 Å². The van der Waals surface area contributed by atoms with Crippen molar-refractivity contribution in [1.82, 2.24) is 0 Å². The molecular weight excluding hydrogens is 356 g/mol. The summed E-state index contributed by atoms with van der Waals surface area (Å²) < 4.78 is 31.0. The summed E-state index contributed by atoms with van der Waals surface area (Å²) in [6.45, 7) is 3.40. The predicted octanol–water partition coefficient (Wildman–Crippen LogP) is 2.88. The minimum atomic E-state index is -3.53. The average Bonchev–Trinajstić information content (AvgIpc) is 2.62. The van der Waals surface area contributed by atoms with Gasteiger partial charge >= 0.3 is 5.97 Å². The SMILES string of the molecule is CCOC(=O)c1ccccc1NC(=O)c1ccccc1NS(=O)(=O)CC. The number of sulfonamides is 1. The van der Waals surface area contributed by atoms with E-state index in [1.807, 2.05) is 0 Å². The number of carbonyl (C=O) groups excluding carboxylic acids is 2. The van der Waals surface area contributed by atoms with Gasteiger partial charge in [0.1, 0.15) is 0 Å². The third kappa shape index (κ3) is 4.82. The highest BCUT2D eigenvalue weighted by atomic mass is 32.2. The van der Waals surface area contributed by atoms with Crippen molar-refractivity contribution in [2.75, 3.05) is 22.4 Å². The summed E-state index contributed by atoms with van der Waals surface area (Å²) in [5.74, 6) is -1.21. The van der Waals surface area contributed by atoms with Crippen molar-refractivity contribution in [3.8, 4) is 0 Å². The molecule has 0 aliphatic heterocycles. The summed E-state index contributed by atoms with van der Waals surface area (Å²) in [6.07, 6.45) is 0. The molecule has 0 heterocycles. The topological polar surface area (TPSA) is 102 Å². The quantitative estimate of drug-likeness (QED) is 0.724. The minimum Gasteiger partial charge on any atom is -0.462 e. The standard InChI is InChI=1S/C18H20N2O5S/c1-3-25-18(22)14-10-6-7-11-15(14)19-17(21)13-9-5-8-12-16(13)20-26(23,24)4-2/h5-12,20H,3-4H2,1-2H3,(H,19,21). The van der Waals surface area contributed by atoms with E-state index in [4.69, 9.17) is 4.74 Å². The molecule has 8 heteroatoms. The number of esters is 1. The summed E-state index contributed by atoms with van der Waals surface area (Å²) in [7, 11) is -3.53. The van der Waals surface area contributed by atoms with Crippen molar-refractivity contribution in [2.24, 2.45) is 0 Å². The van der Waals surface area contributed by atoms with E-state index in [0.717, 1.165) is 0 Å². The van der Waals surface area contributed by atoms with Gasteiger partial charge in [-0.2, -0.15) is 0 Å². The Morgan fingerprint density at radius 3 is 2.12 bits per heavy atom. The van der Waals surface area contributed by atoms with Crippen molar-refractivity contribution < 1.29 is 22.7 Å². The number of carbonyl (C=O) groups is 2. The maximum absolute atomic E-state index is 12.6. The van der Waals surface area contributed by atoms with Crippen molar-refractivity contribution in [3.63, 3.8) is 0 Å². The predicted molar refractivity (Wildman–Crippen MR) is 99.9 cm³/mol. The normalized spacial score (nSPS) is 10.8. The molecule has 2 rings (SSSR count). The number of anilines is 2. The van der Waals surface area contributed by atoms with E-state index in [9.17, 15) is 18.0 Å². The molecule has 7 nitrogen and oxygen atoms in total. The second-order valence-electron chi connectivity index (χ2n) is 5.27. The van der Waals surface area contributed by atoms with E-state index in [1.54, 1.807) is 43.3 Å². The van der Waals surface area contributed by atoms with Crippen LogP contribution in [0.25, 0.3) is 0 Å². The number of ether oxygens (including phenoxy) is 1. The number of amides is 1. The fourth-order valence-electron chi connectivity index (χ4n) is 2.18. The molecule has 0 atom stereocenters. The van der Waals surface area contributed by atoms with Crippen LogP contribution in [-0.4, -0.2) is 32.7 Å². The van der Waals surface area contributed by atoms with Crippen LogP contribution in [0.5, 0.6) is 0 Å². The number of nitrogens with one attached hydrogen (secondary N) is 2. The Morgan fingerprint density at radius 2 is 1.50 bits per heavy atom. The Morgan fingerprint density at radius 1 is 0.923 bits per heavy atom. The first-order valence-corrected chi connectivity index (χ1v) is 9.70. The highest BCUT2D eigenvalue weighted by molar-refractivity contribution is 7.92. The number of hydrogen-bond donors (Lipinski definition) is 2. The first-order chi connectivity index (χ1) is 12.4. The molecule has 26 heavy (non-hydrogen) atoms. The van der Waals surface area contributed by atoms with Gasteiger partial charge in [-0.3, -0.25) is 9.52 Å². The lowest BCUT2D eigenvalue weighted by molar-refractivity contribution is 0.0527. The van der Waals surface area contributed by atoms with Gasteiger partial charge in [-0.1, -0.05) is 24.3 Å². The van der Waals surface area contributed by atoms with Crippen LogP contribution in [0, 0.1) is 0 Å². The summed E-state index contributed by atoms with van der Waals surface area (Å²) in [4.78, 5) is 24.7. The van der Waals surface area contributed by atoms with Gasteiger partial charge in [0.05, 0.1) is 34.9 Å². The monoisotopic (exact) mass is 376 g/mol. The third-order valence-electron chi connectivity index (χ3n) is 3.49. The van der Waals surface area contributed by atoms with Gasteiger partial charge in [0, 0.05) is 0 Å². The number of hydrogen-bond acceptors (Lipinski definition) is 5. The van der Waals surface area contributed by atoms with Gasteiger partial charge in [0.15, 0.2) is 0 Å². The molecule has 2 N–H and O–H groups in total. The van der Waals surface area contributed by atoms with Gasteiger partial charge in [-0.25, -0.2) is 13.2 Å². The molecule has 0 saturated carbocycles. The van der Waals surface area contributed by atoms with Gasteiger partial charge in [-0.05, 0) is 38.1 Å². The van der Waals surface area contributed by atoms with E-state index in [2.05, 4.69) is 10.0 Å². The fraction of sp³-hybridized carbons (Fsp3) is 0.222. The zero-order valence-electron chi connectivity index (χ0n) is 14.5. The molecule has 0 aliphatic rings. The largest absolute Gasteiger partial charge is 0.462 e. The molecule has 0 aliphatic carbocycles. The third-order valence-corrected chi connectivity index (χ3v) is 4.78. The van der Waals surface area contributed by atoms with Crippen molar-refractivity contribution in [3.05, 3.63) is 59.7 Å². The first-order valence-electron chi connectivity index (χ1n) is 8.05. The van der Waals surface area contributed by atoms with Crippen molar-refractivity contribution in [2.45, 2.75) is 13.8 Å². The molecule has 0 spiro atoms. The fourth-order valence-corrected chi connectivity index (χ4v) is 2.84. The van der Waals surface area contributed by atoms with Gasteiger partial charge in [-0.15, -0.1) is 0 Å². The lowest BCUT2D eigenvalue weighted by Gasteiger charge is -2.13. The van der Waals surface area contributed by atoms with Gasteiger partial charge < -0.3 is 10.1 Å². The Kier molecular flexibility index (Phi) is 6.35. The Hall–Kier alpha value is -2.87. The zero-order chi connectivity index (χ0) is 19.2. The second-order valence-corrected chi connectivity index (χ2v) is 7.28. The number of rotatable bonds is 7. The molecule has 1 amide bonds. The van der Waals surface area contributed by atoms with E-state index in [1.165, 1.54) is 19.1 Å². The van der Waals surface area contributed by atoms with E-state index < -0.39 is 21.9 Å². The van der Waals surface area contributed by atoms with Crippen LogP contribution in [0.3, 0.4) is 0 Å². The lowest BCUT2D eigenvalue weighted by atomic mass is 10.1. The number of para-hydroxylation sites is 2. The highest BCUT2D eigenvalue weighted by Crippen LogP contribution is 2.21. The van der Waals surface area contributed by atoms with Crippen LogP contribution in [0.15, 0.2) is 48.5 Å². The second kappa shape index (κ2) is 8.48. The van der Waals surface area contributed by atoms with Crippen LogP contribution in [0.2, 0.25) is 0 Å². The summed E-state index contributed by atoms with van der Waals surface area (Å²) >= 11 is 0.